The van der Waals surface area contributed by atoms with Gasteiger partial charge in [0.25, 0.3) is 0 Å². The minimum absolute atomic E-state index is 0.210. The lowest BCUT2D eigenvalue weighted by Gasteiger charge is -2.20. The smallest absolute Gasteiger partial charge is 0.338 e. The number of carbonyl (C=O) groups is 1. The van der Waals surface area contributed by atoms with Gasteiger partial charge in [0.05, 0.1) is 48.7 Å². The largest absolute Gasteiger partial charge is 0.493 e. The maximum Gasteiger partial charge on any atom is 0.338 e. The van der Waals surface area contributed by atoms with Crippen molar-refractivity contribution >= 4 is 26.8 Å². The molecule has 0 N–H and O–H groups in total. The number of ether oxygens (including phenoxy) is 3. The van der Waals surface area contributed by atoms with Crippen molar-refractivity contribution in [1.82, 2.24) is 9.13 Å². The van der Waals surface area contributed by atoms with E-state index in [0.717, 1.165) is 6.26 Å². The number of esters is 1. The number of methoxy groups -OCH3 is 1. The number of rotatable bonds is 9. The highest BCUT2D eigenvalue weighted by atomic mass is 32.2. The van der Waals surface area contributed by atoms with Crippen LogP contribution in [0.2, 0.25) is 0 Å². The van der Waals surface area contributed by atoms with Crippen LogP contribution in [-0.4, -0.2) is 55.9 Å². The lowest BCUT2D eigenvalue weighted by atomic mass is 10.1. The Hall–Kier alpha value is -3.27. The van der Waals surface area contributed by atoms with E-state index in [2.05, 4.69) is 0 Å². The standard InChI is InChI=1S/C23H28N2O7S/c1-6-31-21-13-15(9-11-20(21)30-4)19(14-33(5,28)29)25-18-12-16(22(26)32-7-2)8-10-17(18)24(3)23(25)27/h8-13,19H,6-7,14H2,1-5H3/t19-/m1/s1. The second-order valence-corrected chi connectivity index (χ2v) is 9.77. The summed E-state index contributed by atoms with van der Waals surface area (Å²) in [6.45, 7) is 4.12. The topological polar surface area (TPSA) is 106 Å². The van der Waals surface area contributed by atoms with Gasteiger partial charge in [0.15, 0.2) is 11.5 Å². The van der Waals surface area contributed by atoms with Crippen molar-refractivity contribution in [1.29, 1.82) is 0 Å². The summed E-state index contributed by atoms with van der Waals surface area (Å²) in [5.41, 5.74) is 1.40. The number of hydrogen-bond acceptors (Lipinski definition) is 7. The van der Waals surface area contributed by atoms with Crippen LogP contribution in [0.4, 0.5) is 0 Å². The maximum atomic E-state index is 13.3. The molecule has 0 bridgehead atoms. The van der Waals surface area contributed by atoms with E-state index in [4.69, 9.17) is 14.2 Å². The molecule has 0 spiro atoms. The fourth-order valence-corrected chi connectivity index (χ4v) is 4.70. The number of aromatic nitrogens is 2. The summed E-state index contributed by atoms with van der Waals surface area (Å²) in [6.07, 6.45) is 1.12. The zero-order chi connectivity index (χ0) is 24.3. The zero-order valence-corrected chi connectivity index (χ0v) is 20.1. The molecule has 9 nitrogen and oxygen atoms in total. The number of imidazole rings is 1. The third-order valence-electron chi connectivity index (χ3n) is 5.25. The summed E-state index contributed by atoms with van der Waals surface area (Å²) >= 11 is 0. The van der Waals surface area contributed by atoms with Gasteiger partial charge in [-0.3, -0.25) is 9.13 Å². The van der Waals surface area contributed by atoms with Crippen LogP contribution in [0.1, 0.15) is 35.8 Å². The van der Waals surface area contributed by atoms with Crippen molar-refractivity contribution < 1.29 is 27.4 Å². The number of carbonyl (C=O) groups excluding carboxylic acids is 1. The predicted molar refractivity (Wildman–Crippen MR) is 125 cm³/mol. The van der Waals surface area contributed by atoms with Gasteiger partial charge in [-0.2, -0.15) is 0 Å². The molecule has 0 aliphatic carbocycles. The number of sulfone groups is 1. The van der Waals surface area contributed by atoms with Crippen LogP contribution in [0.15, 0.2) is 41.2 Å². The highest BCUT2D eigenvalue weighted by Gasteiger charge is 2.26. The number of hydrogen-bond donors (Lipinski definition) is 0. The Morgan fingerprint density at radius 2 is 1.76 bits per heavy atom. The first-order chi connectivity index (χ1) is 15.6. The molecule has 0 radical (unpaired) electrons. The maximum absolute atomic E-state index is 13.3. The molecule has 0 saturated heterocycles. The van der Waals surface area contributed by atoms with Gasteiger partial charge in [-0.05, 0) is 49.7 Å². The molecule has 178 valence electrons. The molecule has 0 aliphatic heterocycles. The Bertz CT molecular complexity index is 1340. The molecular weight excluding hydrogens is 448 g/mol. The summed E-state index contributed by atoms with van der Waals surface area (Å²) in [4.78, 5) is 25.6. The van der Waals surface area contributed by atoms with Gasteiger partial charge >= 0.3 is 11.7 Å². The quantitative estimate of drug-likeness (QED) is 0.437. The van der Waals surface area contributed by atoms with E-state index in [-0.39, 0.29) is 17.9 Å². The van der Waals surface area contributed by atoms with Gasteiger partial charge in [0.1, 0.15) is 9.84 Å². The highest BCUT2D eigenvalue weighted by molar-refractivity contribution is 7.90. The number of aryl methyl sites for hydroxylation is 1. The van der Waals surface area contributed by atoms with Gasteiger partial charge in [-0.25, -0.2) is 18.0 Å². The van der Waals surface area contributed by atoms with Crippen molar-refractivity contribution in [3.05, 3.63) is 58.0 Å². The second-order valence-electron chi connectivity index (χ2n) is 7.59. The third kappa shape index (κ3) is 5.05. The van der Waals surface area contributed by atoms with Crippen LogP contribution in [0.5, 0.6) is 11.5 Å². The minimum atomic E-state index is -3.50. The normalized spacial score (nSPS) is 12.5. The van der Waals surface area contributed by atoms with Crippen molar-refractivity contribution in [3.63, 3.8) is 0 Å². The number of nitrogens with zero attached hydrogens (tertiary/aromatic N) is 2. The van der Waals surface area contributed by atoms with Gasteiger partial charge in [0.2, 0.25) is 0 Å². The Morgan fingerprint density at radius 3 is 2.36 bits per heavy atom. The molecule has 2 aromatic carbocycles. The van der Waals surface area contributed by atoms with Crippen LogP contribution in [0.3, 0.4) is 0 Å². The van der Waals surface area contributed by atoms with Crippen LogP contribution >= 0.6 is 0 Å². The fraction of sp³-hybridized carbons (Fsp3) is 0.391. The van der Waals surface area contributed by atoms with E-state index < -0.39 is 27.5 Å². The van der Waals surface area contributed by atoms with E-state index in [9.17, 15) is 18.0 Å². The molecule has 1 aromatic heterocycles. The molecule has 3 aromatic rings. The minimum Gasteiger partial charge on any atom is -0.493 e. The zero-order valence-electron chi connectivity index (χ0n) is 19.3. The first kappa shape index (κ1) is 24.4. The predicted octanol–water partition coefficient (Wildman–Crippen LogP) is 2.56. The molecule has 0 amide bonds. The van der Waals surface area contributed by atoms with Crippen LogP contribution in [0, 0.1) is 0 Å². The summed E-state index contributed by atoms with van der Waals surface area (Å²) in [6, 6.07) is 8.98. The molecule has 1 heterocycles. The average Bonchev–Trinajstić information content (AvgIpc) is 3.01. The lowest BCUT2D eigenvalue weighted by molar-refractivity contribution is 0.0526. The van der Waals surface area contributed by atoms with Crippen molar-refractivity contribution in [2.45, 2.75) is 19.9 Å². The summed E-state index contributed by atoms with van der Waals surface area (Å²) in [5.74, 6) is 0.0863. The molecule has 0 fully saturated rings. The van der Waals surface area contributed by atoms with Crippen LogP contribution in [-0.2, 0) is 21.6 Å². The van der Waals surface area contributed by atoms with Crippen molar-refractivity contribution in [3.8, 4) is 11.5 Å². The molecule has 0 aliphatic rings. The van der Waals surface area contributed by atoms with E-state index in [0.29, 0.717) is 34.7 Å². The Kier molecular flexibility index (Phi) is 7.16. The first-order valence-electron chi connectivity index (χ1n) is 10.5. The lowest BCUT2D eigenvalue weighted by Crippen LogP contribution is -2.30. The molecule has 3 rings (SSSR count). The van der Waals surface area contributed by atoms with E-state index in [1.165, 1.54) is 16.2 Å². The third-order valence-corrected chi connectivity index (χ3v) is 6.17. The highest BCUT2D eigenvalue weighted by Crippen LogP contribution is 2.33. The van der Waals surface area contributed by atoms with Crippen molar-refractivity contribution in [2.75, 3.05) is 32.3 Å². The molecule has 33 heavy (non-hydrogen) atoms. The van der Waals surface area contributed by atoms with Crippen LogP contribution < -0.4 is 15.2 Å². The van der Waals surface area contributed by atoms with E-state index in [1.54, 1.807) is 50.4 Å². The Balaban J connectivity index is 2.29. The summed E-state index contributed by atoms with van der Waals surface area (Å²) in [7, 11) is -0.393. The van der Waals surface area contributed by atoms with Gasteiger partial charge < -0.3 is 14.2 Å². The molecule has 1 atom stereocenters. The van der Waals surface area contributed by atoms with Gasteiger partial charge in [-0.1, -0.05) is 6.07 Å². The monoisotopic (exact) mass is 476 g/mol. The van der Waals surface area contributed by atoms with E-state index in [1.807, 2.05) is 6.92 Å². The van der Waals surface area contributed by atoms with E-state index >= 15 is 0 Å². The molecule has 10 heteroatoms. The SMILES string of the molecule is CCOC(=O)c1ccc2c(c1)n([C@H](CS(C)(=O)=O)c1ccc(OC)c(OCC)c1)c(=O)n2C. The van der Waals surface area contributed by atoms with Crippen molar-refractivity contribution in [2.24, 2.45) is 7.05 Å². The molecule has 0 saturated carbocycles. The second kappa shape index (κ2) is 9.70. The Labute approximate surface area is 192 Å². The summed E-state index contributed by atoms with van der Waals surface area (Å²) < 4.78 is 43.7. The molecule has 0 unspecified atom stereocenters. The fourth-order valence-electron chi connectivity index (χ4n) is 3.79. The average molecular weight is 477 g/mol. The number of fused-ring (bicyclic) bond motifs is 1. The van der Waals surface area contributed by atoms with Crippen LogP contribution in [0.25, 0.3) is 11.0 Å². The van der Waals surface area contributed by atoms with Gasteiger partial charge in [0, 0.05) is 13.3 Å². The van der Waals surface area contributed by atoms with Gasteiger partial charge in [-0.15, -0.1) is 0 Å². The Morgan fingerprint density at radius 1 is 1.03 bits per heavy atom. The summed E-state index contributed by atoms with van der Waals surface area (Å²) in [5, 5.41) is 0. The first-order valence-corrected chi connectivity index (χ1v) is 12.5. The number of benzene rings is 2. The molecular formula is C23H28N2O7S.